The van der Waals surface area contributed by atoms with E-state index in [0.717, 1.165) is 38.4 Å². The van der Waals surface area contributed by atoms with E-state index in [0.29, 0.717) is 18.2 Å². The number of nitrogens with one attached hydrogen (secondary N) is 1. The van der Waals surface area contributed by atoms with Crippen molar-refractivity contribution in [2.75, 3.05) is 6.61 Å². The van der Waals surface area contributed by atoms with Crippen molar-refractivity contribution in [3.63, 3.8) is 0 Å². The Kier molecular flexibility index (Phi) is 4.55. The van der Waals surface area contributed by atoms with Crippen LogP contribution in [0.15, 0.2) is 18.2 Å². The van der Waals surface area contributed by atoms with Crippen molar-refractivity contribution >= 4 is 0 Å². The van der Waals surface area contributed by atoms with E-state index >= 15 is 0 Å². The Balaban J connectivity index is 1.58. The SMILES string of the molecule is Fc1ccc(F)c(CNC2CCOC3(CCCCC3)C2)c1. The molecule has 1 saturated heterocycles. The summed E-state index contributed by atoms with van der Waals surface area (Å²) in [6.07, 6.45) is 8.00. The monoisotopic (exact) mass is 295 g/mol. The minimum absolute atomic E-state index is 0.0364. The Bertz CT molecular complexity index is 480. The van der Waals surface area contributed by atoms with E-state index in [1.807, 2.05) is 0 Å². The third kappa shape index (κ3) is 3.61. The highest BCUT2D eigenvalue weighted by atomic mass is 19.1. The van der Waals surface area contributed by atoms with Crippen LogP contribution in [0.3, 0.4) is 0 Å². The van der Waals surface area contributed by atoms with Crippen LogP contribution in [-0.4, -0.2) is 18.2 Å². The summed E-state index contributed by atoms with van der Waals surface area (Å²) < 4.78 is 32.9. The maximum atomic E-state index is 13.6. The molecule has 1 aromatic carbocycles. The zero-order valence-corrected chi connectivity index (χ0v) is 12.3. The maximum absolute atomic E-state index is 13.6. The van der Waals surface area contributed by atoms with Crippen LogP contribution in [-0.2, 0) is 11.3 Å². The van der Waals surface area contributed by atoms with E-state index in [4.69, 9.17) is 4.74 Å². The van der Waals surface area contributed by atoms with Gasteiger partial charge >= 0.3 is 0 Å². The first-order chi connectivity index (χ1) is 10.2. The van der Waals surface area contributed by atoms with Crippen molar-refractivity contribution in [2.45, 2.75) is 63.1 Å². The van der Waals surface area contributed by atoms with Crippen LogP contribution in [0, 0.1) is 11.6 Å². The second kappa shape index (κ2) is 6.41. The molecule has 4 heteroatoms. The lowest BCUT2D eigenvalue weighted by Gasteiger charge is -2.43. The average Bonchev–Trinajstić information content (AvgIpc) is 2.49. The molecule has 1 saturated carbocycles. The van der Waals surface area contributed by atoms with E-state index < -0.39 is 0 Å². The molecule has 0 aromatic heterocycles. The Morgan fingerprint density at radius 3 is 2.81 bits per heavy atom. The number of halogens is 2. The summed E-state index contributed by atoms with van der Waals surface area (Å²) in [5.74, 6) is -0.729. The van der Waals surface area contributed by atoms with Crippen LogP contribution >= 0.6 is 0 Å². The lowest BCUT2D eigenvalue weighted by Crippen LogP contribution is -2.47. The van der Waals surface area contributed by atoms with Gasteiger partial charge in [0.2, 0.25) is 0 Å². The van der Waals surface area contributed by atoms with Gasteiger partial charge in [0.05, 0.1) is 5.60 Å². The van der Waals surface area contributed by atoms with E-state index in [2.05, 4.69) is 5.32 Å². The second-order valence-electron chi connectivity index (χ2n) is 6.40. The van der Waals surface area contributed by atoms with Gasteiger partial charge in [-0.2, -0.15) is 0 Å². The third-order valence-corrected chi connectivity index (χ3v) is 4.85. The first kappa shape index (κ1) is 14.9. The van der Waals surface area contributed by atoms with Crippen LogP contribution in [0.4, 0.5) is 8.78 Å². The molecule has 0 bridgehead atoms. The fraction of sp³-hybridized carbons (Fsp3) is 0.647. The maximum Gasteiger partial charge on any atom is 0.127 e. The van der Waals surface area contributed by atoms with Crippen molar-refractivity contribution in [1.29, 1.82) is 0 Å². The third-order valence-electron chi connectivity index (χ3n) is 4.85. The fourth-order valence-electron chi connectivity index (χ4n) is 3.68. The van der Waals surface area contributed by atoms with Crippen LogP contribution < -0.4 is 5.32 Å². The van der Waals surface area contributed by atoms with Gasteiger partial charge in [-0.3, -0.25) is 0 Å². The predicted molar refractivity (Wildman–Crippen MR) is 78.0 cm³/mol. The molecule has 21 heavy (non-hydrogen) atoms. The summed E-state index contributed by atoms with van der Waals surface area (Å²) in [5, 5.41) is 3.39. The summed E-state index contributed by atoms with van der Waals surface area (Å²) in [6.45, 7) is 1.15. The zero-order valence-electron chi connectivity index (χ0n) is 12.3. The molecule has 2 aliphatic rings. The van der Waals surface area contributed by atoms with Crippen molar-refractivity contribution in [3.8, 4) is 0 Å². The van der Waals surface area contributed by atoms with Crippen molar-refractivity contribution in [2.24, 2.45) is 0 Å². The summed E-state index contributed by atoms with van der Waals surface area (Å²) in [7, 11) is 0. The molecule has 1 aromatic rings. The molecule has 1 unspecified atom stereocenters. The van der Waals surface area contributed by atoms with E-state index in [1.165, 1.54) is 31.4 Å². The van der Waals surface area contributed by atoms with Gasteiger partial charge in [0.1, 0.15) is 11.6 Å². The predicted octanol–water partition coefficient (Wildman–Crippen LogP) is 3.94. The van der Waals surface area contributed by atoms with Gasteiger partial charge in [0.15, 0.2) is 0 Å². The highest BCUT2D eigenvalue weighted by Gasteiger charge is 2.38. The van der Waals surface area contributed by atoms with Crippen molar-refractivity contribution in [3.05, 3.63) is 35.4 Å². The highest BCUT2D eigenvalue weighted by molar-refractivity contribution is 5.18. The molecule has 2 fully saturated rings. The molecule has 3 rings (SSSR count). The average molecular weight is 295 g/mol. The highest BCUT2D eigenvalue weighted by Crippen LogP contribution is 2.38. The van der Waals surface area contributed by atoms with Gasteiger partial charge in [0.25, 0.3) is 0 Å². The van der Waals surface area contributed by atoms with Gasteiger partial charge < -0.3 is 10.1 Å². The Morgan fingerprint density at radius 2 is 2.00 bits per heavy atom. The van der Waals surface area contributed by atoms with E-state index in [1.54, 1.807) is 0 Å². The minimum Gasteiger partial charge on any atom is -0.375 e. The Hall–Kier alpha value is -1.00. The molecule has 1 aliphatic carbocycles. The Morgan fingerprint density at radius 1 is 1.19 bits per heavy atom. The molecule has 0 amide bonds. The molecule has 0 radical (unpaired) electrons. The number of ether oxygens (including phenoxy) is 1. The van der Waals surface area contributed by atoms with Gasteiger partial charge in [-0.25, -0.2) is 8.78 Å². The molecular formula is C17H23F2NO. The molecule has 116 valence electrons. The molecule has 1 heterocycles. The molecule has 1 N–H and O–H groups in total. The van der Waals surface area contributed by atoms with Gasteiger partial charge in [-0.15, -0.1) is 0 Å². The number of rotatable bonds is 3. The fourth-order valence-corrected chi connectivity index (χ4v) is 3.68. The van der Waals surface area contributed by atoms with Crippen LogP contribution in [0.1, 0.15) is 50.5 Å². The van der Waals surface area contributed by atoms with E-state index in [9.17, 15) is 8.78 Å². The molecule has 1 aliphatic heterocycles. The summed E-state index contributed by atoms with van der Waals surface area (Å²) in [5.41, 5.74) is 0.438. The largest absolute Gasteiger partial charge is 0.375 e. The molecule has 1 spiro atoms. The van der Waals surface area contributed by atoms with Gasteiger partial charge in [0, 0.05) is 24.8 Å². The van der Waals surface area contributed by atoms with Crippen LogP contribution in [0.25, 0.3) is 0 Å². The van der Waals surface area contributed by atoms with E-state index in [-0.39, 0.29) is 17.2 Å². The first-order valence-corrected chi connectivity index (χ1v) is 7.98. The zero-order chi connectivity index (χ0) is 14.7. The van der Waals surface area contributed by atoms with Crippen molar-refractivity contribution < 1.29 is 13.5 Å². The second-order valence-corrected chi connectivity index (χ2v) is 6.40. The van der Waals surface area contributed by atoms with Gasteiger partial charge in [-0.1, -0.05) is 19.3 Å². The summed E-state index contributed by atoms with van der Waals surface area (Å²) in [4.78, 5) is 0. The lowest BCUT2D eigenvalue weighted by molar-refractivity contribution is -0.109. The number of hydrogen-bond acceptors (Lipinski definition) is 2. The summed E-state index contributed by atoms with van der Waals surface area (Å²) >= 11 is 0. The Labute approximate surface area is 124 Å². The van der Waals surface area contributed by atoms with Crippen molar-refractivity contribution in [1.82, 2.24) is 5.32 Å². The number of hydrogen-bond donors (Lipinski definition) is 1. The van der Waals surface area contributed by atoms with Crippen LogP contribution in [0.5, 0.6) is 0 Å². The smallest absolute Gasteiger partial charge is 0.127 e. The minimum atomic E-state index is -0.385. The molecular weight excluding hydrogens is 272 g/mol. The topological polar surface area (TPSA) is 21.3 Å². The van der Waals surface area contributed by atoms with Crippen LogP contribution in [0.2, 0.25) is 0 Å². The summed E-state index contributed by atoms with van der Waals surface area (Å²) in [6, 6.07) is 3.96. The normalized spacial score (nSPS) is 25.1. The molecule has 2 nitrogen and oxygen atoms in total. The lowest BCUT2D eigenvalue weighted by atomic mass is 9.78. The first-order valence-electron chi connectivity index (χ1n) is 7.98. The number of benzene rings is 1. The molecule has 1 atom stereocenters. The van der Waals surface area contributed by atoms with Gasteiger partial charge in [-0.05, 0) is 43.9 Å². The quantitative estimate of drug-likeness (QED) is 0.912. The standard InChI is InChI=1S/C17H23F2NO/c18-14-4-5-16(19)13(10-14)12-20-15-6-9-21-17(11-15)7-2-1-3-8-17/h4-5,10,15,20H,1-3,6-9,11-12H2.